The number of carbonyl (C=O) groups excluding carboxylic acids is 1. The van der Waals surface area contributed by atoms with Crippen LogP contribution in [0.15, 0.2) is 23.1 Å². The molecule has 0 aliphatic carbocycles. The molecule has 0 amide bonds. The highest BCUT2D eigenvalue weighted by Gasteiger charge is 2.26. The summed E-state index contributed by atoms with van der Waals surface area (Å²) in [4.78, 5) is 11.0. The van der Waals surface area contributed by atoms with Gasteiger partial charge < -0.3 is 15.8 Å². The number of ketones is 1. The number of nitrogen functional groups attached to an aromatic ring is 1. The second kappa shape index (κ2) is 6.42. The maximum Gasteiger partial charge on any atom is 0.243 e. The van der Waals surface area contributed by atoms with E-state index in [0.717, 1.165) is 0 Å². The fourth-order valence-corrected chi connectivity index (χ4v) is 3.51. The number of rotatable bonds is 5. The van der Waals surface area contributed by atoms with E-state index in [1.807, 2.05) is 0 Å². The van der Waals surface area contributed by atoms with E-state index in [2.05, 4.69) is 5.32 Å². The number of nitrogens with zero attached hydrogens (tertiary/aromatic N) is 1. The van der Waals surface area contributed by atoms with E-state index in [9.17, 15) is 13.2 Å². The number of Topliss-reactive ketones (excluding diaryl/α,β-unsaturated/α-hetero) is 1. The number of nitrogens with two attached hydrogens (primary N) is 1. The molecule has 0 saturated carbocycles. The van der Waals surface area contributed by atoms with E-state index in [1.165, 1.54) is 29.4 Å². The standard InChI is InChI=1S/C13H19N3O4S/c1-10(17)9-20-13-3-2-11(8-12(13)14)21(18,19)16-6-4-15-5-7-16/h2-3,8,15H,4-7,9,14H2,1H3. The highest BCUT2D eigenvalue weighted by atomic mass is 32.2. The van der Waals surface area contributed by atoms with Gasteiger partial charge in [-0.15, -0.1) is 0 Å². The maximum atomic E-state index is 12.5. The first-order valence-corrected chi connectivity index (χ1v) is 8.08. The molecule has 3 N–H and O–H groups in total. The van der Waals surface area contributed by atoms with Gasteiger partial charge in [0.15, 0.2) is 5.78 Å². The average Bonchev–Trinajstić information content (AvgIpc) is 2.46. The number of benzene rings is 1. The van der Waals surface area contributed by atoms with E-state index in [1.54, 1.807) is 0 Å². The van der Waals surface area contributed by atoms with Crippen molar-refractivity contribution in [2.75, 3.05) is 38.5 Å². The molecule has 0 spiro atoms. The van der Waals surface area contributed by atoms with E-state index in [-0.39, 0.29) is 23.0 Å². The Balaban J connectivity index is 2.20. The van der Waals surface area contributed by atoms with Crippen LogP contribution in [0.3, 0.4) is 0 Å². The molecule has 0 unspecified atom stereocenters. The number of sulfonamides is 1. The predicted octanol–water partition coefficient (Wildman–Crippen LogP) is -0.169. The van der Waals surface area contributed by atoms with Crippen LogP contribution in [0.4, 0.5) is 5.69 Å². The molecule has 1 fully saturated rings. The highest BCUT2D eigenvalue weighted by Crippen LogP contribution is 2.26. The summed E-state index contributed by atoms with van der Waals surface area (Å²) in [6, 6.07) is 4.30. The summed E-state index contributed by atoms with van der Waals surface area (Å²) in [5.74, 6) is 0.177. The fraction of sp³-hybridized carbons (Fsp3) is 0.462. The molecular weight excluding hydrogens is 294 g/mol. The molecule has 1 heterocycles. The Morgan fingerprint density at radius 2 is 2.05 bits per heavy atom. The van der Waals surface area contributed by atoms with Crippen molar-refractivity contribution >= 4 is 21.5 Å². The lowest BCUT2D eigenvalue weighted by molar-refractivity contribution is -0.118. The Morgan fingerprint density at radius 3 is 2.62 bits per heavy atom. The SMILES string of the molecule is CC(=O)COc1ccc(S(=O)(=O)N2CCNCC2)cc1N. The van der Waals surface area contributed by atoms with Gasteiger partial charge in [0.1, 0.15) is 12.4 Å². The van der Waals surface area contributed by atoms with E-state index < -0.39 is 10.0 Å². The number of hydrogen-bond acceptors (Lipinski definition) is 6. The van der Waals surface area contributed by atoms with Crippen LogP contribution in [0, 0.1) is 0 Å². The van der Waals surface area contributed by atoms with Crippen molar-refractivity contribution in [1.29, 1.82) is 0 Å². The van der Waals surface area contributed by atoms with Crippen molar-refractivity contribution in [3.8, 4) is 5.75 Å². The molecule has 1 saturated heterocycles. The van der Waals surface area contributed by atoms with Crippen LogP contribution >= 0.6 is 0 Å². The van der Waals surface area contributed by atoms with Crippen LogP contribution in [0.5, 0.6) is 5.75 Å². The van der Waals surface area contributed by atoms with Gasteiger partial charge in [-0.2, -0.15) is 4.31 Å². The molecule has 0 aromatic heterocycles. The maximum absolute atomic E-state index is 12.5. The second-order valence-corrected chi connectivity index (χ2v) is 6.78. The number of hydrogen-bond donors (Lipinski definition) is 2. The van der Waals surface area contributed by atoms with Gasteiger partial charge in [0, 0.05) is 26.2 Å². The third kappa shape index (κ3) is 3.72. The van der Waals surface area contributed by atoms with Gasteiger partial charge in [0.25, 0.3) is 0 Å². The minimum Gasteiger partial charge on any atom is -0.484 e. The van der Waals surface area contributed by atoms with Crippen molar-refractivity contribution in [3.63, 3.8) is 0 Å². The Labute approximate surface area is 124 Å². The van der Waals surface area contributed by atoms with E-state index >= 15 is 0 Å². The molecule has 1 aliphatic rings. The third-order valence-electron chi connectivity index (χ3n) is 3.13. The monoisotopic (exact) mass is 313 g/mol. The molecular formula is C13H19N3O4S. The quantitative estimate of drug-likeness (QED) is 0.732. The van der Waals surface area contributed by atoms with Crippen LogP contribution in [0.25, 0.3) is 0 Å². The molecule has 0 radical (unpaired) electrons. The van der Waals surface area contributed by atoms with Crippen LogP contribution < -0.4 is 15.8 Å². The van der Waals surface area contributed by atoms with Crippen molar-refractivity contribution in [1.82, 2.24) is 9.62 Å². The Bertz CT molecular complexity index is 624. The van der Waals surface area contributed by atoms with Crippen LogP contribution in [-0.4, -0.2) is 51.3 Å². The molecule has 0 atom stereocenters. The minimum atomic E-state index is -3.54. The molecule has 0 bridgehead atoms. The van der Waals surface area contributed by atoms with Gasteiger partial charge in [-0.3, -0.25) is 4.79 Å². The summed E-state index contributed by atoms with van der Waals surface area (Å²) in [6.07, 6.45) is 0. The lowest BCUT2D eigenvalue weighted by atomic mass is 10.3. The Hall–Kier alpha value is -1.64. The van der Waals surface area contributed by atoms with Gasteiger partial charge in [-0.05, 0) is 25.1 Å². The largest absolute Gasteiger partial charge is 0.484 e. The number of nitrogens with one attached hydrogen (secondary N) is 1. The summed E-state index contributed by atoms with van der Waals surface area (Å²) in [5, 5.41) is 3.10. The van der Waals surface area contributed by atoms with Gasteiger partial charge in [-0.1, -0.05) is 0 Å². The van der Waals surface area contributed by atoms with Crippen molar-refractivity contribution < 1.29 is 17.9 Å². The molecule has 1 aromatic rings. The first-order chi connectivity index (χ1) is 9.91. The lowest BCUT2D eigenvalue weighted by Gasteiger charge is -2.26. The smallest absolute Gasteiger partial charge is 0.243 e. The predicted molar refractivity (Wildman–Crippen MR) is 78.7 cm³/mol. The number of anilines is 1. The van der Waals surface area contributed by atoms with Crippen LogP contribution in [0.1, 0.15) is 6.92 Å². The van der Waals surface area contributed by atoms with E-state index in [0.29, 0.717) is 31.9 Å². The third-order valence-corrected chi connectivity index (χ3v) is 5.02. The normalized spacial score (nSPS) is 16.6. The van der Waals surface area contributed by atoms with Crippen molar-refractivity contribution in [2.24, 2.45) is 0 Å². The molecule has 1 aliphatic heterocycles. The number of piperazine rings is 1. The zero-order valence-electron chi connectivity index (χ0n) is 11.8. The lowest BCUT2D eigenvalue weighted by Crippen LogP contribution is -2.46. The zero-order valence-corrected chi connectivity index (χ0v) is 12.6. The van der Waals surface area contributed by atoms with Gasteiger partial charge >= 0.3 is 0 Å². The Kier molecular flexibility index (Phi) is 4.81. The number of carbonyl (C=O) groups is 1. The summed E-state index contributed by atoms with van der Waals surface area (Å²) in [5.41, 5.74) is 6.00. The van der Waals surface area contributed by atoms with Crippen molar-refractivity contribution in [2.45, 2.75) is 11.8 Å². The minimum absolute atomic E-state index is 0.0892. The summed E-state index contributed by atoms with van der Waals surface area (Å²) < 4.78 is 31.6. The van der Waals surface area contributed by atoms with Crippen LogP contribution in [-0.2, 0) is 14.8 Å². The van der Waals surface area contributed by atoms with E-state index in [4.69, 9.17) is 10.5 Å². The molecule has 1 aromatic carbocycles. The molecule has 2 rings (SSSR count). The summed E-state index contributed by atoms with van der Waals surface area (Å²) >= 11 is 0. The number of ether oxygens (including phenoxy) is 1. The molecule has 116 valence electrons. The van der Waals surface area contributed by atoms with Gasteiger partial charge in [0.2, 0.25) is 10.0 Å². The average molecular weight is 313 g/mol. The van der Waals surface area contributed by atoms with Crippen molar-refractivity contribution in [3.05, 3.63) is 18.2 Å². The topological polar surface area (TPSA) is 102 Å². The first-order valence-electron chi connectivity index (χ1n) is 6.64. The molecule has 21 heavy (non-hydrogen) atoms. The highest BCUT2D eigenvalue weighted by molar-refractivity contribution is 7.89. The van der Waals surface area contributed by atoms with Crippen LogP contribution in [0.2, 0.25) is 0 Å². The first kappa shape index (κ1) is 15.7. The molecule has 7 nitrogen and oxygen atoms in total. The van der Waals surface area contributed by atoms with Gasteiger partial charge in [-0.25, -0.2) is 8.42 Å². The molecule has 8 heteroatoms. The second-order valence-electron chi connectivity index (χ2n) is 4.84. The Morgan fingerprint density at radius 1 is 1.38 bits per heavy atom. The summed E-state index contributed by atoms with van der Waals surface area (Å²) in [7, 11) is -3.54. The summed E-state index contributed by atoms with van der Waals surface area (Å²) in [6.45, 7) is 3.45. The zero-order chi connectivity index (χ0) is 15.5. The van der Waals surface area contributed by atoms with Gasteiger partial charge in [0.05, 0.1) is 10.6 Å². The fourth-order valence-electron chi connectivity index (χ4n) is 2.03.